The molecule has 0 aromatic carbocycles. The maximum absolute atomic E-state index is 11.5. The Morgan fingerprint density at radius 2 is 2.19 bits per heavy atom. The number of hydrogen-bond acceptors (Lipinski definition) is 4. The molecule has 1 aliphatic rings. The molecule has 1 saturated carbocycles. The lowest BCUT2D eigenvalue weighted by molar-refractivity contribution is 0.0592. The first-order valence-electron chi connectivity index (χ1n) is 5.80. The second-order valence-corrected chi connectivity index (χ2v) is 4.11. The van der Waals surface area contributed by atoms with Crippen molar-refractivity contribution in [3.63, 3.8) is 0 Å². The Morgan fingerprint density at radius 3 is 2.75 bits per heavy atom. The number of carbonyl (C=O) groups is 1. The van der Waals surface area contributed by atoms with Crippen molar-refractivity contribution < 1.29 is 9.53 Å². The molecule has 5 heteroatoms. The van der Waals surface area contributed by atoms with Crippen LogP contribution in [0.1, 0.15) is 54.8 Å². The lowest BCUT2D eigenvalue weighted by Gasteiger charge is -2.12. The largest absolute Gasteiger partial charge is 0.464 e. The molecular weight excluding hydrogens is 206 g/mol. The van der Waals surface area contributed by atoms with Gasteiger partial charge in [0.1, 0.15) is 0 Å². The molecule has 0 atom stereocenters. The third-order valence-electron chi connectivity index (χ3n) is 3.18. The van der Waals surface area contributed by atoms with E-state index in [0.29, 0.717) is 11.7 Å². The van der Waals surface area contributed by atoms with Crippen molar-refractivity contribution in [1.82, 2.24) is 15.0 Å². The molecule has 0 radical (unpaired) electrons. The van der Waals surface area contributed by atoms with Gasteiger partial charge in [-0.1, -0.05) is 25.0 Å². The number of esters is 1. The van der Waals surface area contributed by atoms with E-state index in [1.807, 2.05) is 11.6 Å². The van der Waals surface area contributed by atoms with Crippen LogP contribution in [0.2, 0.25) is 0 Å². The van der Waals surface area contributed by atoms with E-state index in [4.69, 9.17) is 4.74 Å². The minimum absolute atomic E-state index is 0.372. The van der Waals surface area contributed by atoms with Gasteiger partial charge >= 0.3 is 5.97 Å². The average molecular weight is 223 g/mol. The molecule has 0 amide bonds. The van der Waals surface area contributed by atoms with Gasteiger partial charge in [-0.25, -0.2) is 9.48 Å². The van der Waals surface area contributed by atoms with E-state index < -0.39 is 0 Å². The van der Waals surface area contributed by atoms with Crippen LogP contribution in [0, 0.1) is 0 Å². The first kappa shape index (κ1) is 11.1. The number of ether oxygens (including phenoxy) is 1. The monoisotopic (exact) mass is 223 g/mol. The molecule has 0 bridgehead atoms. The Kier molecular flexibility index (Phi) is 3.22. The molecule has 16 heavy (non-hydrogen) atoms. The summed E-state index contributed by atoms with van der Waals surface area (Å²) in [5, 5.41) is 8.04. The lowest BCUT2D eigenvalue weighted by atomic mass is 10.2. The van der Waals surface area contributed by atoms with E-state index in [1.54, 1.807) is 0 Å². The molecule has 1 fully saturated rings. The first-order valence-corrected chi connectivity index (χ1v) is 5.80. The Labute approximate surface area is 94.8 Å². The Hall–Kier alpha value is -1.39. The summed E-state index contributed by atoms with van der Waals surface area (Å²) in [5.41, 5.74) is 1.27. The van der Waals surface area contributed by atoms with Crippen molar-refractivity contribution in [1.29, 1.82) is 0 Å². The van der Waals surface area contributed by atoms with Crippen LogP contribution < -0.4 is 0 Å². The van der Waals surface area contributed by atoms with Crippen molar-refractivity contribution in [2.45, 2.75) is 45.1 Å². The van der Waals surface area contributed by atoms with Crippen molar-refractivity contribution in [3.05, 3.63) is 11.4 Å². The standard InChI is InChI=1S/C11H17N3O2/c1-3-9-10(11(15)16-2)12-13-14(9)8-6-4-5-7-8/h8H,3-7H2,1-2H3. The SMILES string of the molecule is CCc1c(C(=O)OC)nnn1C1CCCC1. The average Bonchev–Trinajstić information content (AvgIpc) is 2.95. The Bertz CT molecular complexity index is 381. The number of hydrogen-bond donors (Lipinski definition) is 0. The van der Waals surface area contributed by atoms with Crippen molar-refractivity contribution >= 4 is 5.97 Å². The van der Waals surface area contributed by atoms with Gasteiger partial charge in [-0.2, -0.15) is 0 Å². The zero-order valence-electron chi connectivity index (χ0n) is 9.77. The topological polar surface area (TPSA) is 57.0 Å². The van der Waals surface area contributed by atoms with E-state index in [9.17, 15) is 4.79 Å². The van der Waals surface area contributed by atoms with Crippen LogP contribution in [0.4, 0.5) is 0 Å². The smallest absolute Gasteiger partial charge is 0.360 e. The van der Waals surface area contributed by atoms with E-state index >= 15 is 0 Å². The van der Waals surface area contributed by atoms with Gasteiger partial charge in [0, 0.05) is 0 Å². The molecule has 2 rings (SSSR count). The molecule has 1 aromatic heterocycles. The van der Waals surface area contributed by atoms with Crippen LogP contribution in [0.5, 0.6) is 0 Å². The fourth-order valence-electron chi connectivity index (χ4n) is 2.34. The minimum atomic E-state index is -0.388. The molecule has 5 nitrogen and oxygen atoms in total. The maximum atomic E-state index is 11.5. The lowest BCUT2D eigenvalue weighted by Crippen LogP contribution is -2.12. The summed E-state index contributed by atoms with van der Waals surface area (Å²) in [5.74, 6) is -0.388. The highest BCUT2D eigenvalue weighted by Crippen LogP contribution is 2.30. The molecule has 0 saturated heterocycles. The van der Waals surface area contributed by atoms with Gasteiger partial charge in [-0.15, -0.1) is 5.10 Å². The fraction of sp³-hybridized carbons (Fsp3) is 0.727. The summed E-state index contributed by atoms with van der Waals surface area (Å²) < 4.78 is 6.62. The molecule has 1 heterocycles. The van der Waals surface area contributed by atoms with E-state index in [2.05, 4.69) is 10.3 Å². The van der Waals surface area contributed by atoms with Gasteiger partial charge in [0.25, 0.3) is 0 Å². The number of methoxy groups -OCH3 is 1. The van der Waals surface area contributed by atoms with Gasteiger partial charge in [-0.05, 0) is 19.3 Å². The zero-order valence-corrected chi connectivity index (χ0v) is 9.77. The maximum Gasteiger partial charge on any atom is 0.360 e. The van der Waals surface area contributed by atoms with E-state index in [-0.39, 0.29) is 5.97 Å². The number of aromatic nitrogens is 3. The highest BCUT2D eigenvalue weighted by Gasteiger charge is 2.25. The predicted octanol–water partition coefficient (Wildman–Crippen LogP) is 1.74. The van der Waals surface area contributed by atoms with Crippen LogP contribution in [0.25, 0.3) is 0 Å². The second kappa shape index (κ2) is 4.63. The molecule has 0 unspecified atom stereocenters. The summed E-state index contributed by atoms with van der Waals surface area (Å²) in [4.78, 5) is 11.5. The van der Waals surface area contributed by atoms with Gasteiger partial charge in [0.2, 0.25) is 0 Å². The first-order chi connectivity index (χ1) is 7.77. The van der Waals surface area contributed by atoms with Crippen LogP contribution in [-0.4, -0.2) is 28.1 Å². The van der Waals surface area contributed by atoms with E-state index in [1.165, 1.54) is 20.0 Å². The number of carbonyl (C=O) groups excluding carboxylic acids is 1. The van der Waals surface area contributed by atoms with Crippen LogP contribution in [0.15, 0.2) is 0 Å². The van der Waals surface area contributed by atoms with Gasteiger partial charge in [0.15, 0.2) is 5.69 Å². The van der Waals surface area contributed by atoms with Crippen molar-refractivity contribution in [2.75, 3.05) is 7.11 Å². The molecule has 88 valence electrons. The predicted molar refractivity (Wildman–Crippen MR) is 58.2 cm³/mol. The minimum Gasteiger partial charge on any atom is -0.464 e. The van der Waals surface area contributed by atoms with Crippen LogP contribution in [0.3, 0.4) is 0 Å². The van der Waals surface area contributed by atoms with E-state index in [0.717, 1.165) is 25.0 Å². The van der Waals surface area contributed by atoms with Gasteiger partial charge in [0.05, 0.1) is 18.8 Å². The molecule has 0 spiro atoms. The summed E-state index contributed by atoms with van der Waals surface area (Å²) in [7, 11) is 1.37. The molecule has 1 aliphatic carbocycles. The third kappa shape index (κ3) is 1.81. The fourth-order valence-corrected chi connectivity index (χ4v) is 2.34. The van der Waals surface area contributed by atoms with Gasteiger partial charge < -0.3 is 4.74 Å². The number of rotatable bonds is 3. The molecule has 0 aliphatic heterocycles. The van der Waals surface area contributed by atoms with Gasteiger partial charge in [-0.3, -0.25) is 0 Å². The zero-order chi connectivity index (χ0) is 11.5. The Balaban J connectivity index is 2.31. The van der Waals surface area contributed by atoms with Crippen LogP contribution >= 0.6 is 0 Å². The molecular formula is C11H17N3O2. The number of nitrogens with zero attached hydrogens (tertiary/aromatic N) is 3. The van der Waals surface area contributed by atoms with Crippen molar-refractivity contribution in [3.8, 4) is 0 Å². The normalized spacial score (nSPS) is 16.6. The van der Waals surface area contributed by atoms with Crippen molar-refractivity contribution in [2.24, 2.45) is 0 Å². The quantitative estimate of drug-likeness (QED) is 0.732. The highest BCUT2D eigenvalue weighted by atomic mass is 16.5. The van der Waals surface area contributed by atoms with Crippen LogP contribution in [-0.2, 0) is 11.2 Å². The second-order valence-electron chi connectivity index (χ2n) is 4.11. The Morgan fingerprint density at radius 1 is 1.50 bits per heavy atom. The summed E-state index contributed by atoms with van der Waals surface area (Å²) in [6, 6.07) is 0.417. The molecule has 0 N–H and O–H groups in total. The summed E-state index contributed by atoms with van der Waals surface area (Å²) in [6.45, 7) is 2.01. The summed E-state index contributed by atoms with van der Waals surface area (Å²) in [6.07, 6.45) is 5.50. The molecule has 1 aromatic rings. The third-order valence-corrected chi connectivity index (χ3v) is 3.18. The highest BCUT2D eigenvalue weighted by molar-refractivity contribution is 5.88. The summed E-state index contributed by atoms with van der Waals surface area (Å²) >= 11 is 0.